The molecule has 0 spiro atoms. The van der Waals surface area contributed by atoms with Crippen molar-refractivity contribution < 1.29 is 9.15 Å². The molecule has 37 heavy (non-hydrogen) atoms. The molecule has 0 aliphatic carbocycles. The highest BCUT2D eigenvalue weighted by molar-refractivity contribution is 9.10. The Bertz CT molecular complexity index is 1830. The van der Waals surface area contributed by atoms with Crippen molar-refractivity contribution in [1.82, 2.24) is 14.2 Å². The summed E-state index contributed by atoms with van der Waals surface area (Å²) in [6, 6.07) is 26.5. The zero-order valence-electron chi connectivity index (χ0n) is 19.8. The molecule has 0 saturated carbocycles. The predicted molar refractivity (Wildman–Crippen MR) is 149 cm³/mol. The number of ether oxygens (including phenoxy) is 1. The maximum atomic E-state index is 13.5. The molecule has 0 N–H and O–H groups in total. The Morgan fingerprint density at radius 1 is 1.03 bits per heavy atom. The van der Waals surface area contributed by atoms with Gasteiger partial charge in [-0.3, -0.25) is 4.79 Å². The van der Waals surface area contributed by atoms with E-state index in [1.807, 2.05) is 96.6 Å². The van der Waals surface area contributed by atoms with E-state index < -0.39 is 0 Å². The van der Waals surface area contributed by atoms with Crippen LogP contribution in [0.25, 0.3) is 39.1 Å². The lowest BCUT2D eigenvalue weighted by molar-refractivity contribution is 0.340. The van der Waals surface area contributed by atoms with Crippen molar-refractivity contribution in [3.63, 3.8) is 0 Å². The van der Waals surface area contributed by atoms with Crippen LogP contribution in [0, 0.1) is 0 Å². The van der Waals surface area contributed by atoms with Gasteiger partial charge in [-0.25, -0.2) is 4.98 Å². The highest BCUT2D eigenvalue weighted by atomic mass is 79.9. The van der Waals surface area contributed by atoms with Gasteiger partial charge in [0.25, 0.3) is 5.56 Å². The van der Waals surface area contributed by atoms with Crippen molar-refractivity contribution in [3.8, 4) is 23.0 Å². The second-order valence-corrected chi connectivity index (χ2v) is 9.25. The zero-order chi connectivity index (χ0) is 25.4. The van der Waals surface area contributed by atoms with E-state index in [4.69, 9.17) is 14.1 Å². The Morgan fingerprint density at radius 3 is 2.70 bits per heavy atom. The number of fused-ring (bicyclic) bond motifs is 2. The molecule has 3 aromatic heterocycles. The summed E-state index contributed by atoms with van der Waals surface area (Å²) >= 11 is 3.50. The van der Waals surface area contributed by atoms with Gasteiger partial charge in [-0.15, -0.1) is 0 Å². The van der Waals surface area contributed by atoms with Crippen molar-refractivity contribution in [2.75, 3.05) is 6.61 Å². The minimum Gasteiger partial charge on any atom is -0.494 e. The summed E-state index contributed by atoms with van der Waals surface area (Å²) in [5.74, 6) is 1.59. The van der Waals surface area contributed by atoms with Crippen LogP contribution in [0.15, 0.2) is 110 Å². The molecule has 0 radical (unpaired) electrons. The fourth-order valence-corrected chi connectivity index (χ4v) is 4.61. The van der Waals surface area contributed by atoms with Gasteiger partial charge in [0.15, 0.2) is 5.76 Å². The second kappa shape index (κ2) is 9.55. The average molecular weight is 553 g/mol. The number of furan rings is 1. The largest absolute Gasteiger partial charge is 0.494 e. The number of aromatic nitrogens is 3. The lowest BCUT2D eigenvalue weighted by Crippen LogP contribution is -2.20. The van der Waals surface area contributed by atoms with Gasteiger partial charge in [-0.1, -0.05) is 28.1 Å². The van der Waals surface area contributed by atoms with E-state index in [0.29, 0.717) is 34.7 Å². The third-order valence-electron chi connectivity index (χ3n) is 5.96. The Hall–Kier alpha value is -4.43. The molecule has 0 aliphatic heterocycles. The lowest BCUT2D eigenvalue weighted by Gasteiger charge is -2.09. The Kier molecular flexibility index (Phi) is 5.94. The number of para-hydroxylation sites is 1. The molecule has 7 nitrogen and oxygen atoms in total. The van der Waals surface area contributed by atoms with Gasteiger partial charge in [0.1, 0.15) is 11.3 Å². The SMILES string of the molecule is CCOc1ccc(-n2cccc2C=Nn2c(-c3cc4cc(Br)ccc4o3)nc3ccccc3c2=O)cc1. The Balaban J connectivity index is 1.47. The van der Waals surface area contributed by atoms with Crippen molar-refractivity contribution in [2.24, 2.45) is 5.10 Å². The van der Waals surface area contributed by atoms with Crippen molar-refractivity contribution in [3.05, 3.63) is 112 Å². The topological polar surface area (TPSA) is 74.6 Å². The maximum Gasteiger partial charge on any atom is 0.282 e. The van der Waals surface area contributed by atoms with E-state index in [2.05, 4.69) is 21.0 Å². The standard InChI is InChI=1S/C29H21BrN4O3/c1-2-36-23-12-10-21(11-13-23)33-15-5-6-22(33)18-31-34-28(32-25-8-4-3-7-24(25)29(34)35)27-17-19-16-20(30)9-14-26(19)37-27/h3-18H,2H2,1H3. The fraction of sp³-hybridized carbons (Fsp3) is 0.0690. The van der Waals surface area contributed by atoms with Crippen LogP contribution in [0.2, 0.25) is 0 Å². The molecule has 0 bridgehead atoms. The highest BCUT2D eigenvalue weighted by Crippen LogP contribution is 2.29. The monoisotopic (exact) mass is 552 g/mol. The van der Waals surface area contributed by atoms with Crippen LogP contribution in [0.4, 0.5) is 0 Å². The molecule has 0 saturated heterocycles. The summed E-state index contributed by atoms with van der Waals surface area (Å²) in [6.45, 7) is 2.57. The molecule has 8 heteroatoms. The number of halogens is 1. The van der Waals surface area contributed by atoms with Crippen molar-refractivity contribution in [1.29, 1.82) is 0 Å². The van der Waals surface area contributed by atoms with E-state index >= 15 is 0 Å². The Morgan fingerprint density at radius 2 is 1.86 bits per heavy atom. The van der Waals surface area contributed by atoms with Crippen LogP contribution in [-0.2, 0) is 0 Å². The van der Waals surface area contributed by atoms with Gasteiger partial charge in [-0.05, 0) is 79.7 Å². The molecular weight excluding hydrogens is 532 g/mol. The second-order valence-electron chi connectivity index (χ2n) is 8.34. The van der Waals surface area contributed by atoms with Crippen LogP contribution in [0.1, 0.15) is 12.6 Å². The summed E-state index contributed by atoms with van der Waals surface area (Å²) in [5.41, 5.74) is 2.73. The third-order valence-corrected chi connectivity index (χ3v) is 6.46. The molecule has 0 atom stereocenters. The van der Waals surface area contributed by atoms with Gasteiger partial charge in [0, 0.05) is 21.7 Å². The molecule has 6 rings (SSSR count). The van der Waals surface area contributed by atoms with Crippen LogP contribution < -0.4 is 10.3 Å². The van der Waals surface area contributed by atoms with Crippen LogP contribution >= 0.6 is 15.9 Å². The normalized spacial score (nSPS) is 11.6. The van der Waals surface area contributed by atoms with Crippen molar-refractivity contribution in [2.45, 2.75) is 6.92 Å². The van der Waals surface area contributed by atoms with E-state index in [0.717, 1.165) is 27.0 Å². The molecule has 0 fully saturated rings. The first-order chi connectivity index (χ1) is 18.1. The first-order valence-corrected chi connectivity index (χ1v) is 12.6. The smallest absolute Gasteiger partial charge is 0.282 e. The molecule has 182 valence electrons. The number of rotatable bonds is 6. The van der Waals surface area contributed by atoms with Gasteiger partial charge >= 0.3 is 0 Å². The van der Waals surface area contributed by atoms with Crippen LogP contribution in [0.3, 0.4) is 0 Å². The van der Waals surface area contributed by atoms with Gasteiger partial charge in [0.2, 0.25) is 5.82 Å². The summed E-state index contributed by atoms with van der Waals surface area (Å²) in [5, 5.41) is 5.97. The summed E-state index contributed by atoms with van der Waals surface area (Å²) in [7, 11) is 0. The molecule has 0 unspecified atom stereocenters. The zero-order valence-corrected chi connectivity index (χ0v) is 21.4. The maximum absolute atomic E-state index is 13.5. The quantitative estimate of drug-likeness (QED) is 0.217. The first-order valence-electron chi connectivity index (χ1n) is 11.8. The summed E-state index contributed by atoms with van der Waals surface area (Å²) in [6.07, 6.45) is 3.59. The highest BCUT2D eigenvalue weighted by Gasteiger charge is 2.17. The average Bonchev–Trinajstić information content (AvgIpc) is 3.55. The number of hydrogen-bond donors (Lipinski definition) is 0. The van der Waals surface area contributed by atoms with E-state index in [9.17, 15) is 4.79 Å². The first kappa shape index (κ1) is 23.0. The molecular formula is C29H21BrN4O3. The molecule has 6 aromatic rings. The predicted octanol–water partition coefficient (Wildman–Crippen LogP) is 6.64. The van der Waals surface area contributed by atoms with Crippen LogP contribution in [0.5, 0.6) is 5.75 Å². The summed E-state index contributed by atoms with van der Waals surface area (Å²) < 4.78 is 15.8. The minimum atomic E-state index is -0.280. The third kappa shape index (κ3) is 4.36. The molecule has 3 heterocycles. The molecule has 0 aliphatic rings. The van der Waals surface area contributed by atoms with Gasteiger partial charge in [0.05, 0.1) is 29.4 Å². The Labute approximate surface area is 220 Å². The van der Waals surface area contributed by atoms with E-state index in [1.165, 1.54) is 4.68 Å². The molecule has 0 amide bonds. The van der Waals surface area contributed by atoms with Crippen LogP contribution in [-0.4, -0.2) is 27.0 Å². The molecule has 3 aromatic carbocycles. The summed E-state index contributed by atoms with van der Waals surface area (Å²) in [4.78, 5) is 18.3. The number of nitrogens with zero attached hydrogens (tertiary/aromatic N) is 4. The fourth-order valence-electron chi connectivity index (χ4n) is 4.24. The number of benzene rings is 3. The number of hydrogen-bond acceptors (Lipinski definition) is 5. The van der Waals surface area contributed by atoms with Gasteiger partial charge in [-0.2, -0.15) is 9.78 Å². The van der Waals surface area contributed by atoms with Crippen molar-refractivity contribution >= 4 is 44.0 Å². The minimum absolute atomic E-state index is 0.280. The van der Waals surface area contributed by atoms with E-state index in [-0.39, 0.29) is 5.56 Å². The lowest BCUT2D eigenvalue weighted by atomic mass is 10.2. The van der Waals surface area contributed by atoms with E-state index in [1.54, 1.807) is 12.3 Å². The van der Waals surface area contributed by atoms with Gasteiger partial charge < -0.3 is 13.7 Å².